The molecule has 0 aliphatic heterocycles. The highest BCUT2D eigenvalue weighted by atomic mass is 32.1. The van der Waals surface area contributed by atoms with Crippen LogP contribution in [0.5, 0.6) is 0 Å². The second kappa shape index (κ2) is 8.59. The third kappa shape index (κ3) is 5.01. The average molecular weight is 374 g/mol. The van der Waals surface area contributed by atoms with Gasteiger partial charge in [0.05, 0.1) is 15.1 Å². The second-order valence-electron chi connectivity index (χ2n) is 5.25. The Morgan fingerprint density at radius 3 is 2.68 bits per heavy atom. The minimum Gasteiger partial charge on any atom is -0.360 e. The third-order valence-corrected chi connectivity index (χ3v) is 5.26. The summed E-state index contributed by atoms with van der Waals surface area (Å²) < 4.78 is 1.13. The van der Waals surface area contributed by atoms with Gasteiger partial charge in [0, 0.05) is 26.1 Å². The largest absolute Gasteiger partial charge is 0.360 e. The van der Waals surface area contributed by atoms with Gasteiger partial charge in [0.2, 0.25) is 5.91 Å². The second-order valence-corrected chi connectivity index (χ2v) is 7.23. The Hall–Kier alpha value is -2.45. The van der Waals surface area contributed by atoms with Crippen LogP contribution in [0.2, 0.25) is 0 Å². The molecule has 0 radical (unpaired) electrons. The Balaban J connectivity index is 1.30. The van der Waals surface area contributed by atoms with Crippen LogP contribution in [0.15, 0.2) is 41.8 Å². The van der Waals surface area contributed by atoms with Crippen LogP contribution in [-0.4, -0.2) is 36.4 Å². The van der Waals surface area contributed by atoms with Crippen molar-refractivity contribution in [1.82, 2.24) is 15.6 Å². The van der Waals surface area contributed by atoms with E-state index in [0.717, 1.165) is 15.3 Å². The van der Waals surface area contributed by atoms with Crippen LogP contribution in [0.25, 0.3) is 10.2 Å². The van der Waals surface area contributed by atoms with E-state index in [1.807, 2.05) is 35.7 Å². The smallest absolute Gasteiger partial charge is 0.261 e. The average Bonchev–Trinajstić information content (AvgIpc) is 3.27. The molecule has 0 aliphatic rings. The van der Waals surface area contributed by atoms with Crippen LogP contribution < -0.4 is 16.0 Å². The van der Waals surface area contributed by atoms with Crippen molar-refractivity contribution >= 4 is 49.8 Å². The van der Waals surface area contributed by atoms with Gasteiger partial charge in [0.15, 0.2) is 5.13 Å². The summed E-state index contributed by atoms with van der Waals surface area (Å²) in [6.45, 7) is 1.44. The number of nitrogens with zero attached hydrogens (tertiary/aromatic N) is 1. The van der Waals surface area contributed by atoms with Crippen LogP contribution in [0.4, 0.5) is 5.13 Å². The zero-order chi connectivity index (χ0) is 17.5. The minimum absolute atomic E-state index is 0.0856. The van der Waals surface area contributed by atoms with E-state index in [4.69, 9.17) is 0 Å². The number of hydrogen-bond donors (Lipinski definition) is 3. The van der Waals surface area contributed by atoms with Crippen LogP contribution in [0, 0.1) is 0 Å². The summed E-state index contributed by atoms with van der Waals surface area (Å²) in [7, 11) is 0. The fraction of sp³-hybridized carbons (Fsp3) is 0.235. The van der Waals surface area contributed by atoms with Gasteiger partial charge in [-0.1, -0.05) is 29.5 Å². The van der Waals surface area contributed by atoms with E-state index in [1.54, 1.807) is 17.4 Å². The van der Waals surface area contributed by atoms with E-state index in [-0.39, 0.29) is 18.2 Å². The molecular formula is C17H18N4O2S2. The molecule has 0 fully saturated rings. The van der Waals surface area contributed by atoms with Crippen molar-refractivity contribution in [3.05, 3.63) is 46.7 Å². The number of benzene rings is 1. The lowest BCUT2D eigenvalue weighted by molar-refractivity contribution is -0.120. The standard InChI is InChI=1S/C17H18N4O2S2/c22-15(7-8-19-16(23)14-6-3-11-24-14)18-9-10-20-17-21-12-4-1-2-5-13(12)25-17/h1-6,11H,7-10H2,(H,18,22)(H,19,23)(H,20,21). The van der Waals surface area contributed by atoms with Crippen molar-refractivity contribution < 1.29 is 9.59 Å². The van der Waals surface area contributed by atoms with Crippen LogP contribution in [-0.2, 0) is 4.79 Å². The maximum Gasteiger partial charge on any atom is 0.261 e. The highest BCUT2D eigenvalue weighted by Crippen LogP contribution is 2.24. The molecule has 2 amide bonds. The Morgan fingerprint density at radius 2 is 1.88 bits per heavy atom. The van der Waals surface area contributed by atoms with E-state index >= 15 is 0 Å². The lowest BCUT2D eigenvalue weighted by Gasteiger charge is -2.06. The molecule has 0 aliphatic carbocycles. The molecule has 1 aromatic carbocycles. The Labute approximate surface area is 153 Å². The summed E-state index contributed by atoms with van der Waals surface area (Å²) in [5.41, 5.74) is 0.973. The molecule has 0 unspecified atom stereocenters. The molecule has 2 aromatic heterocycles. The normalized spacial score (nSPS) is 10.6. The molecule has 3 N–H and O–H groups in total. The number of carbonyl (C=O) groups excluding carboxylic acids is 2. The van der Waals surface area contributed by atoms with E-state index in [1.165, 1.54) is 11.3 Å². The van der Waals surface area contributed by atoms with Gasteiger partial charge in [0.25, 0.3) is 5.91 Å². The number of thiazole rings is 1. The lowest BCUT2D eigenvalue weighted by Crippen LogP contribution is -2.32. The molecule has 25 heavy (non-hydrogen) atoms. The quantitative estimate of drug-likeness (QED) is 0.530. The van der Waals surface area contributed by atoms with Crippen LogP contribution in [0.1, 0.15) is 16.1 Å². The minimum atomic E-state index is -0.139. The van der Waals surface area contributed by atoms with Crippen molar-refractivity contribution in [3.63, 3.8) is 0 Å². The van der Waals surface area contributed by atoms with Crippen molar-refractivity contribution in [1.29, 1.82) is 0 Å². The molecule has 0 saturated carbocycles. The molecule has 2 heterocycles. The summed E-state index contributed by atoms with van der Waals surface area (Å²) in [4.78, 5) is 28.6. The van der Waals surface area contributed by atoms with Crippen LogP contribution >= 0.6 is 22.7 Å². The molecule has 3 aromatic rings. The van der Waals surface area contributed by atoms with Gasteiger partial charge < -0.3 is 16.0 Å². The Kier molecular flexibility index (Phi) is 5.97. The molecule has 8 heteroatoms. The molecule has 0 saturated heterocycles. The molecule has 0 bridgehead atoms. The number of aromatic nitrogens is 1. The number of amides is 2. The zero-order valence-corrected chi connectivity index (χ0v) is 15.1. The monoisotopic (exact) mass is 374 g/mol. The number of hydrogen-bond acceptors (Lipinski definition) is 6. The fourth-order valence-corrected chi connectivity index (χ4v) is 3.72. The molecule has 0 atom stereocenters. The fourth-order valence-electron chi connectivity index (χ4n) is 2.19. The summed E-state index contributed by atoms with van der Waals surface area (Å²) >= 11 is 2.97. The maximum atomic E-state index is 11.8. The first kappa shape index (κ1) is 17.4. The van der Waals surface area contributed by atoms with Gasteiger partial charge in [-0.2, -0.15) is 0 Å². The SMILES string of the molecule is O=C(CCNC(=O)c1cccs1)NCCNc1nc2ccccc2s1. The van der Waals surface area contributed by atoms with Crippen LogP contribution in [0.3, 0.4) is 0 Å². The lowest BCUT2D eigenvalue weighted by atomic mass is 10.3. The van der Waals surface area contributed by atoms with E-state index in [0.29, 0.717) is 24.5 Å². The van der Waals surface area contributed by atoms with Crippen molar-refractivity contribution in [2.75, 3.05) is 25.0 Å². The molecule has 3 rings (SSSR count). The predicted octanol–water partition coefficient (Wildman–Crippen LogP) is 2.71. The maximum absolute atomic E-state index is 11.8. The van der Waals surface area contributed by atoms with Crippen molar-refractivity contribution in [2.24, 2.45) is 0 Å². The first-order chi connectivity index (χ1) is 12.2. The summed E-state index contributed by atoms with van der Waals surface area (Å²) in [6, 6.07) is 11.5. The van der Waals surface area contributed by atoms with E-state index < -0.39 is 0 Å². The molecular weight excluding hydrogens is 356 g/mol. The van der Waals surface area contributed by atoms with Gasteiger partial charge in [-0.3, -0.25) is 9.59 Å². The zero-order valence-electron chi connectivity index (χ0n) is 13.5. The molecule has 0 spiro atoms. The third-order valence-electron chi connectivity index (χ3n) is 3.40. The summed E-state index contributed by atoms with van der Waals surface area (Å²) in [6.07, 6.45) is 0.262. The summed E-state index contributed by atoms with van der Waals surface area (Å²) in [5, 5.41) is 11.5. The predicted molar refractivity (Wildman–Crippen MR) is 102 cm³/mol. The number of fused-ring (bicyclic) bond motifs is 1. The van der Waals surface area contributed by atoms with Crippen molar-refractivity contribution in [3.8, 4) is 0 Å². The van der Waals surface area contributed by atoms with Gasteiger partial charge in [0.1, 0.15) is 0 Å². The topological polar surface area (TPSA) is 83.1 Å². The molecule has 6 nitrogen and oxygen atoms in total. The van der Waals surface area contributed by atoms with Crippen molar-refractivity contribution in [2.45, 2.75) is 6.42 Å². The van der Waals surface area contributed by atoms with Gasteiger partial charge in [-0.15, -0.1) is 11.3 Å². The highest BCUT2D eigenvalue weighted by molar-refractivity contribution is 7.22. The van der Waals surface area contributed by atoms with Gasteiger partial charge in [-0.05, 0) is 23.6 Å². The number of thiophene rings is 1. The van der Waals surface area contributed by atoms with E-state index in [2.05, 4.69) is 20.9 Å². The first-order valence-electron chi connectivity index (χ1n) is 7.90. The molecule has 130 valence electrons. The Bertz CT molecular complexity index is 812. The number of nitrogens with one attached hydrogen (secondary N) is 3. The van der Waals surface area contributed by atoms with Gasteiger partial charge in [-0.25, -0.2) is 4.98 Å². The number of para-hydroxylation sites is 1. The van der Waals surface area contributed by atoms with E-state index in [9.17, 15) is 9.59 Å². The Morgan fingerprint density at radius 1 is 1.00 bits per heavy atom. The van der Waals surface area contributed by atoms with Gasteiger partial charge >= 0.3 is 0 Å². The number of anilines is 1. The highest BCUT2D eigenvalue weighted by Gasteiger charge is 2.07. The number of carbonyl (C=O) groups is 2. The first-order valence-corrected chi connectivity index (χ1v) is 9.60. The number of rotatable bonds is 8. The summed E-state index contributed by atoms with van der Waals surface area (Å²) in [5.74, 6) is -0.224.